The van der Waals surface area contributed by atoms with Gasteiger partial charge in [0.25, 0.3) is 0 Å². The van der Waals surface area contributed by atoms with Gasteiger partial charge in [-0.1, -0.05) is 75.9 Å². The Labute approximate surface area is 176 Å². The minimum atomic E-state index is -0.797. The van der Waals surface area contributed by atoms with Crippen molar-refractivity contribution in [3.05, 3.63) is 59.2 Å². The summed E-state index contributed by atoms with van der Waals surface area (Å²) in [6.07, 6.45) is 12.1. The van der Waals surface area contributed by atoms with Crippen molar-refractivity contribution in [1.29, 1.82) is 0 Å². The minimum Gasteiger partial charge on any atom is -0.478 e. The molecular formula is C27H36O2. The number of carboxylic acids is 1. The van der Waals surface area contributed by atoms with Crippen molar-refractivity contribution in [1.82, 2.24) is 0 Å². The summed E-state index contributed by atoms with van der Waals surface area (Å²) in [5.74, 6) is 0.377. The van der Waals surface area contributed by atoms with Crippen LogP contribution in [0.5, 0.6) is 0 Å². The molecule has 1 fully saturated rings. The van der Waals surface area contributed by atoms with E-state index in [1.165, 1.54) is 50.5 Å². The maximum atomic E-state index is 12.0. The number of carbonyl (C=O) groups is 1. The fourth-order valence-electron chi connectivity index (χ4n) is 5.02. The second-order valence-electron chi connectivity index (χ2n) is 8.73. The Hall–Kier alpha value is -2.09. The molecule has 3 rings (SSSR count). The zero-order valence-electron chi connectivity index (χ0n) is 18.1. The van der Waals surface area contributed by atoms with Crippen LogP contribution < -0.4 is 0 Å². The smallest absolute Gasteiger partial charge is 0.335 e. The third kappa shape index (κ3) is 5.50. The highest BCUT2D eigenvalue weighted by Gasteiger charge is 2.27. The molecule has 0 saturated heterocycles. The fourth-order valence-corrected chi connectivity index (χ4v) is 5.02. The van der Waals surface area contributed by atoms with Crippen LogP contribution >= 0.6 is 0 Å². The molecule has 0 unspecified atom stereocenters. The first-order valence-corrected chi connectivity index (χ1v) is 11.6. The molecule has 0 aromatic heterocycles. The molecule has 1 N–H and O–H groups in total. The van der Waals surface area contributed by atoms with Crippen molar-refractivity contribution < 1.29 is 9.90 Å². The van der Waals surface area contributed by atoms with Gasteiger partial charge in [-0.15, -0.1) is 0 Å². The Morgan fingerprint density at radius 1 is 0.931 bits per heavy atom. The number of unbranched alkanes of at least 4 members (excludes halogenated alkanes) is 2. The van der Waals surface area contributed by atoms with Crippen molar-refractivity contribution in [3.63, 3.8) is 0 Å². The molecule has 2 heteroatoms. The molecule has 29 heavy (non-hydrogen) atoms. The van der Waals surface area contributed by atoms with Gasteiger partial charge in [-0.25, -0.2) is 4.79 Å². The van der Waals surface area contributed by atoms with Crippen molar-refractivity contribution in [2.24, 2.45) is 5.92 Å². The van der Waals surface area contributed by atoms with Gasteiger partial charge in [-0.2, -0.15) is 0 Å². The lowest BCUT2D eigenvalue weighted by atomic mass is 9.74. The van der Waals surface area contributed by atoms with Crippen LogP contribution in [-0.4, -0.2) is 11.1 Å². The molecule has 2 aromatic rings. The van der Waals surface area contributed by atoms with E-state index in [0.717, 1.165) is 41.9 Å². The highest BCUT2D eigenvalue weighted by atomic mass is 16.4. The van der Waals surface area contributed by atoms with Gasteiger partial charge in [0, 0.05) is 0 Å². The minimum absolute atomic E-state index is 0.356. The lowest BCUT2D eigenvalue weighted by molar-refractivity contribution is 0.0694. The second kappa shape index (κ2) is 10.6. The number of benzene rings is 2. The molecule has 1 aliphatic rings. The molecule has 0 radical (unpaired) electrons. The summed E-state index contributed by atoms with van der Waals surface area (Å²) in [5, 5.41) is 9.87. The quantitative estimate of drug-likeness (QED) is 0.441. The van der Waals surface area contributed by atoms with Crippen molar-refractivity contribution >= 4 is 5.97 Å². The van der Waals surface area contributed by atoms with Gasteiger partial charge in [-0.05, 0) is 78.7 Å². The Morgan fingerprint density at radius 3 is 2.28 bits per heavy atom. The number of rotatable bonds is 9. The molecule has 156 valence electrons. The van der Waals surface area contributed by atoms with E-state index in [0.29, 0.717) is 11.5 Å². The van der Waals surface area contributed by atoms with Crippen LogP contribution in [0.2, 0.25) is 0 Å². The van der Waals surface area contributed by atoms with E-state index >= 15 is 0 Å². The van der Waals surface area contributed by atoms with Gasteiger partial charge in [-0.3, -0.25) is 0 Å². The highest BCUT2D eigenvalue weighted by molar-refractivity contribution is 5.92. The summed E-state index contributed by atoms with van der Waals surface area (Å²) in [4.78, 5) is 12.0. The van der Waals surface area contributed by atoms with Crippen LogP contribution in [0, 0.1) is 5.92 Å². The SMILES string of the molecule is CCCCCc1ccc(-c2cccc(C(=O)O)c2C2CCC(CCC)CC2)cc1. The van der Waals surface area contributed by atoms with Crippen LogP contribution in [0.1, 0.15) is 99.0 Å². The first-order valence-electron chi connectivity index (χ1n) is 11.6. The third-order valence-electron chi connectivity index (χ3n) is 6.62. The van der Waals surface area contributed by atoms with Crippen molar-refractivity contribution in [3.8, 4) is 11.1 Å². The van der Waals surface area contributed by atoms with Crippen LogP contribution in [0.3, 0.4) is 0 Å². The number of aromatic carboxylic acids is 1. The first-order chi connectivity index (χ1) is 14.1. The average Bonchev–Trinajstić information content (AvgIpc) is 2.75. The van der Waals surface area contributed by atoms with E-state index in [9.17, 15) is 9.90 Å². The Balaban J connectivity index is 1.87. The highest BCUT2D eigenvalue weighted by Crippen LogP contribution is 2.42. The van der Waals surface area contributed by atoms with Crippen LogP contribution in [0.4, 0.5) is 0 Å². The van der Waals surface area contributed by atoms with Gasteiger partial charge in [0.2, 0.25) is 0 Å². The predicted molar refractivity (Wildman–Crippen MR) is 122 cm³/mol. The fraction of sp³-hybridized carbons (Fsp3) is 0.519. The molecule has 0 atom stereocenters. The lowest BCUT2D eigenvalue weighted by Gasteiger charge is -2.31. The summed E-state index contributed by atoms with van der Waals surface area (Å²) in [5.41, 5.74) is 5.20. The number of hydrogen-bond acceptors (Lipinski definition) is 1. The third-order valence-corrected chi connectivity index (χ3v) is 6.62. The molecule has 0 amide bonds. The maximum absolute atomic E-state index is 12.0. The summed E-state index contributed by atoms with van der Waals surface area (Å²) < 4.78 is 0. The molecular weight excluding hydrogens is 356 g/mol. The van der Waals surface area contributed by atoms with E-state index in [1.54, 1.807) is 6.07 Å². The van der Waals surface area contributed by atoms with E-state index in [4.69, 9.17) is 0 Å². The van der Waals surface area contributed by atoms with Crippen molar-refractivity contribution in [2.75, 3.05) is 0 Å². The Morgan fingerprint density at radius 2 is 1.66 bits per heavy atom. The molecule has 1 aliphatic carbocycles. The summed E-state index contributed by atoms with van der Waals surface area (Å²) >= 11 is 0. The average molecular weight is 393 g/mol. The second-order valence-corrected chi connectivity index (χ2v) is 8.73. The molecule has 2 aromatic carbocycles. The summed E-state index contributed by atoms with van der Waals surface area (Å²) in [6.45, 7) is 4.49. The van der Waals surface area contributed by atoms with E-state index < -0.39 is 5.97 Å². The zero-order chi connectivity index (χ0) is 20.6. The van der Waals surface area contributed by atoms with Crippen molar-refractivity contribution in [2.45, 2.75) is 84.0 Å². The van der Waals surface area contributed by atoms with Gasteiger partial charge in [0.1, 0.15) is 0 Å². The monoisotopic (exact) mass is 392 g/mol. The van der Waals surface area contributed by atoms with Crippen LogP contribution in [0.25, 0.3) is 11.1 Å². The largest absolute Gasteiger partial charge is 0.478 e. The topological polar surface area (TPSA) is 37.3 Å². The molecule has 0 heterocycles. The van der Waals surface area contributed by atoms with E-state index in [-0.39, 0.29) is 0 Å². The maximum Gasteiger partial charge on any atom is 0.335 e. The van der Waals surface area contributed by atoms with E-state index in [1.807, 2.05) is 6.07 Å². The van der Waals surface area contributed by atoms with Crippen LogP contribution in [0.15, 0.2) is 42.5 Å². The molecule has 2 nitrogen and oxygen atoms in total. The normalized spacial score (nSPS) is 19.2. The number of hydrogen-bond donors (Lipinski definition) is 1. The zero-order valence-corrected chi connectivity index (χ0v) is 18.1. The predicted octanol–water partition coefficient (Wildman–Crippen LogP) is 7.86. The van der Waals surface area contributed by atoms with Gasteiger partial charge in [0.05, 0.1) is 5.56 Å². The van der Waals surface area contributed by atoms with E-state index in [2.05, 4.69) is 44.2 Å². The van der Waals surface area contributed by atoms with Crippen LogP contribution in [-0.2, 0) is 6.42 Å². The first kappa shape index (κ1) is 21.6. The molecule has 0 aliphatic heterocycles. The Kier molecular flexibility index (Phi) is 7.91. The summed E-state index contributed by atoms with van der Waals surface area (Å²) in [7, 11) is 0. The molecule has 1 saturated carbocycles. The van der Waals surface area contributed by atoms with Gasteiger partial charge in [0.15, 0.2) is 0 Å². The van der Waals surface area contributed by atoms with Gasteiger partial charge < -0.3 is 5.11 Å². The standard InChI is InChI=1S/C27H36O2/c1-3-5-6-9-21-12-16-22(17-13-21)24-10-7-11-25(27(28)29)26(24)23-18-14-20(8-4-2)15-19-23/h7,10-13,16-17,20,23H,3-6,8-9,14-15,18-19H2,1-2H3,(H,28,29). The molecule has 0 spiro atoms. The molecule has 0 bridgehead atoms. The summed E-state index contributed by atoms with van der Waals surface area (Å²) in [6, 6.07) is 14.6. The van der Waals surface area contributed by atoms with Gasteiger partial charge >= 0.3 is 5.97 Å². The number of carboxylic acid groups (broad SMARTS) is 1. The lowest BCUT2D eigenvalue weighted by Crippen LogP contribution is -2.16. The number of aryl methyl sites for hydroxylation is 1. The Bertz CT molecular complexity index is 783.